The number of para-hydroxylation sites is 3. The summed E-state index contributed by atoms with van der Waals surface area (Å²) in [7, 11) is 3.10. The zero-order chi connectivity index (χ0) is 24.8. The monoisotopic (exact) mass is 493 g/mol. The Morgan fingerprint density at radius 2 is 1.74 bits per heavy atom. The highest BCUT2D eigenvalue weighted by Crippen LogP contribution is 2.28. The van der Waals surface area contributed by atoms with Crippen LogP contribution in [0.25, 0.3) is 11.0 Å². The minimum Gasteiger partial charge on any atom is -0.493 e. The average Bonchev–Trinajstić information content (AvgIpc) is 3.25. The second-order valence-electron chi connectivity index (χ2n) is 8.01. The second kappa shape index (κ2) is 11.1. The molecule has 0 radical (unpaired) electrons. The molecule has 1 heterocycles. The van der Waals surface area contributed by atoms with Gasteiger partial charge in [0.25, 0.3) is 5.91 Å². The molecule has 0 saturated carbocycles. The number of nitrogens with one attached hydrogen (secondary N) is 1. The van der Waals surface area contributed by atoms with Crippen molar-refractivity contribution in [2.24, 2.45) is 0 Å². The molecule has 1 aromatic heterocycles. The molecule has 3 aromatic carbocycles. The molecule has 35 heavy (non-hydrogen) atoms. The van der Waals surface area contributed by atoms with Crippen molar-refractivity contribution in [3.05, 3.63) is 83.1 Å². The van der Waals surface area contributed by atoms with Crippen LogP contribution in [0.1, 0.15) is 35.6 Å². The summed E-state index contributed by atoms with van der Waals surface area (Å²) >= 11 is 6.19. The molecule has 0 fully saturated rings. The normalized spacial score (nSPS) is 11.8. The van der Waals surface area contributed by atoms with Crippen LogP contribution in [0.15, 0.2) is 66.7 Å². The highest BCUT2D eigenvalue weighted by molar-refractivity contribution is 6.32. The fourth-order valence-electron chi connectivity index (χ4n) is 3.95. The van der Waals surface area contributed by atoms with E-state index in [0.717, 1.165) is 23.3 Å². The molecule has 0 bridgehead atoms. The molecule has 0 spiro atoms. The topological polar surface area (TPSA) is 74.6 Å². The van der Waals surface area contributed by atoms with Crippen molar-refractivity contribution < 1.29 is 19.0 Å². The van der Waals surface area contributed by atoms with Gasteiger partial charge in [-0.2, -0.15) is 0 Å². The van der Waals surface area contributed by atoms with E-state index >= 15 is 0 Å². The molecule has 0 aliphatic heterocycles. The number of halogens is 1. The number of hydrogen-bond acceptors (Lipinski definition) is 5. The van der Waals surface area contributed by atoms with Crippen LogP contribution >= 0.6 is 11.6 Å². The maximum Gasteiger partial charge on any atom is 0.251 e. The Morgan fingerprint density at radius 1 is 1.00 bits per heavy atom. The lowest BCUT2D eigenvalue weighted by molar-refractivity contribution is 0.0937. The van der Waals surface area contributed by atoms with Gasteiger partial charge in [-0.1, -0.05) is 35.9 Å². The van der Waals surface area contributed by atoms with Gasteiger partial charge in [-0.25, -0.2) is 4.98 Å². The summed E-state index contributed by atoms with van der Waals surface area (Å²) in [5.41, 5.74) is 2.36. The van der Waals surface area contributed by atoms with Crippen molar-refractivity contribution in [1.29, 1.82) is 0 Å². The standard InChI is InChI=1S/C27H28ClN3O4/c1-18(29-27(32)19-13-14-24(33-2)25(17-19)34-3)26-30-21-10-5-6-11-22(21)31(26)15-8-16-35-23-12-7-4-9-20(23)28/h4-7,9-14,17-18H,8,15-16H2,1-3H3,(H,29,32). The molecule has 1 amide bonds. The predicted molar refractivity (Wildman–Crippen MR) is 137 cm³/mol. The van der Waals surface area contributed by atoms with Gasteiger partial charge in [0.15, 0.2) is 11.5 Å². The molecule has 182 valence electrons. The summed E-state index contributed by atoms with van der Waals surface area (Å²) in [5, 5.41) is 3.65. The molecule has 0 saturated heterocycles. The number of ether oxygens (including phenoxy) is 3. The van der Waals surface area contributed by atoms with E-state index in [9.17, 15) is 4.79 Å². The number of methoxy groups -OCH3 is 2. The van der Waals surface area contributed by atoms with E-state index in [4.69, 9.17) is 30.8 Å². The minimum absolute atomic E-state index is 0.223. The molecule has 1 unspecified atom stereocenters. The number of benzene rings is 3. The van der Waals surface area contributed by atoms with Crippen molar-refractivity contribution >= 4 is 28.5 Å². The zero-order valence-corrected chi connectivity index (χ0v) is 20.7. The number of aromatic nitrogens is 2. The number of fused-ring (bicyclic) bond motifs is 1. The third-order valence-electron chi connectivity index (χ3n) is 5.68. The van der Waals surface area contributed by atoms with E-state index in [0.29, 0.717) is 41.0 Å². The third kappa shape index (κ3) is 5.52. The summed E-state index contributed by atoms with van der Waals surface area (Å²) in [6.45, 7) is 3.11. The summed E-state index contributed by atoms with van der Waals surface area (Å²) in [4.78, 5) is 17.8. The molecule has 0 aliphatic carbocycles. The molecule has 4 aromatic rings. The van der Waals surface area contributed by atoms with Crippen LogP contribution in [0.2, 0.25) is 5.02 Å². The first-order valence-corrected chi connectivity index (χ1v) is 11.7. The molecule has 0 aliphatic rings. The summed E-state index contributed by atoms with van der Waals surface area (Å²) in [5.74, 6) is 2.29. The number of rotatable bonds is 10. The van der Waals surface area contributed by atoms with Crippen LogP contribution < -0.4 is 19.5 Å². The van der Waals surface area contributed by atoms with Crippen LogP contribution in [0.4, 0.5) is 0 Å². The van der Waals surface area contributed by atoms with E-state index in [1.165, 1.54) is 0 Å². The number of carbonyl (C=O) groups is 1. The van der Waals surface area contributed by atoms with E-state index in [1.54, 1.807) is 38.5 Å². The lowest BCUT2D eigenvalue weighted by Crippen LogP contribution is -2.29. The predicted octanol–water partition coefficient (Wildman–Crippen LogP) is 5.67. The minimum atomic E-state index is -0.326. The number of nitrogens with zero attached hydrogens (tertiary/aromatic N) is 2. The Hall–Kier alpha value is -3.71. The molecule has 1 N–H and O–H groups in total. The Kier molecular flexibility index (Phi) is 7.77. The van der Waals surface area contributed by atoms with Crippen LogP contribution in [0, 0.1) is 0 Å². The van der Waals surface area contributed by atoms with Crippen LogP contribution in [0.5, 0.6) is 17.2 Å². The average molecular weight is 494 g/mol. The van der Waals surface area contributed by atoms with Gasteiger partial charge < -0.3 is 24.1 Å². The van der Waals surface area contributed by atoms with Crippen LogP contribution in [0.3, 0.4) is 0 Å². The fraction of sp³-hybridized carbons (Fsp3) is 0.259. The van der Waals surface area contributed by atoms with Crippen molar-refractivity contribution in [2.75, 3.05) is 20.8 Å². The lowest BCUT2D eigenvalue weighted by atomic mass is 10.1. The van der Waals surface area contributed by atoms with Gasteiger partial charge in [-0.3, -0.25) is 4.79 Å². The number of imidazole rings is 1. The number of aryl methyl sites for hydroxylation is 1. The molecule has 8 heteroatoms. The third-order valence-corrected chi connectivity index (χ3v) is 6.00. The van der Waals surface area contributed by atoms with E-state index < -0.39 is 0 Å². The molecule has 4 rings (SSSR count). The van der Waals surface area contributed by atoms with Crippen molar-refractivity contribution in [1.82, 2.24) is 14.9 Å². The van der Waals surface area contributed by atoms with Crippen LogP contribution in [-0.4, -0.2) is 36.3 Å². The molecular formula is C27H28ClN3O4. The van der Waals surface area contributed by atoms with Gasteiger partial charge in [-0.05, 0) is 55.8 Å². The first-order chi connectivity index (χ1) is 17.0. The van der Waals surface area contributed by atoms with Crippen LogP contribution in [-0.2, 0) is 6.54 Å². The fourth-order valence-corrected chi connectivity index (χ4v) is 4.14. The van der Waals surface area contributed by atoms with Gasteiger partial charge in [0.2, 0.25) is 0 Å². The smallest absolute Gasteiger partial charge is 0.251 e. The Morgan fingerprint density at radius 3 is 2.51 bits per heavy atom. The number of carbonyl (C=O) groups excluding carboxylic acids is 1. The van der Waals surface area contributed by atoms with Gasteiger partial charge in [-0.15, -0.1) is 0 Å². The van der Waals surface area contributed by atoms with E-state index in [2.05, 4.69) is 9.88 Å². The number of hydrogen-bond donors (Lipinski definition) is 1. The Balaban J connectivity index is 1.49. The number of amides is 1. The summed E-state index contributed by atoms with van der Waals surface area (Å²) in [6.07, 6.45) is 0.745. The lowest BCUT2D eigenvalue weighted by Gasteiger charge is -2.17. The van der Waals surface area contributed by atoms with Gasteiger partial charge >= 0.3 is 0 Å². The molecular weight excluding hydrogens is 466 g/mol. The van der Waals surface area contributed by atoms with Gasteiger partial charge in [0, 0.05) is 12.1 Å². The highest BCUT2D eigenvalue weighted by Gasteiger charge is 2.20. The molecule has 1 atom stereocenters. The Bertz CT molecular complexity index is 1320. The maximum absolute atomic E-state index is 13.0. The quantitative estimate of drug-likeness (QED) is 0.288. The highest BCUT2D eigenvalue weighted by atomic mass is 35.5. The Labute approximate surface area is 209 Å². The SMILES string of the molecule is COc1ccc(C(=O)NC(C)c2nc3ccccc3n2CCCOc2ccccc2Cl)cc1OC. The van der Waals surface area contributed by atoms with Crippen molar-refractivity contribution in [3.63, 3.8) is 0 Å². The van der Waals surface area contributed by atoms with Crippen molar-refractivity contribution in [2.45, 2.75) is 25.9 Å². The van der Waals surface area contributed by atoms with Crippen molar-refractivity contribution in [3.8, 4) is 17.2 Å². The van der Waals surface area contributed by atoms with E-state index in [1.807, 2.05) is 49.4 Å². The van der Waals surface area contributed by atoms with Gasteiger partial charge in [0.1, 0.15) is 11.6 Å². The van der Waals surface area contributed by atoms with Gasteiger partial charge in [0.05, 0.1) is 42.9 Å². The zero-order valence-electron chi connectivity index (χ0n) is 20.0. The largest absolute Gasteiger partial charge is 0.493 e. The maximum atomic E-state index is 13.0. The molecule has 7 nitrogen and oxygen atoms in total. The summed E-state index contributed by atoms with van der Waals surface area (Å²) < 4.78 is 18.6. The summed E-state index contributed by atoms with van der Waals surface area (Å²) in [6, 6.07) is 20.1. The first kappa shape index (κ1) is 24.4. The second-order valence-corrected chi connectivity index (χ2v) is 8.41. The first-order valence-electron chi connectivity index (χ1n) is 11.4. The van der Waals surface area contributed by atoms with E-state index in [-0.39, 0.29) is 11.9 Å².